The summed E-state index contributed by atoms with van der Waals surface area (Å²) >= 11 is 0. The normalized spacial score (nSPS) is 10.4. The van der Waals surface area contributed by atoms with E-state index >= 15 is 0 Å². The number of hydrogen-bond donors (Lipinski definition) is 1. The molecule has 0 aliphatic heterocycles. The molecule has 1 aromatic rings. The fourth-order valence-electron chi connectivity index (χ4n) is 1.42. The summed E-state index contributed by atoms with van der Waals surface area (Å²) in [5.41, 5.74) is 7.57. The second-order valence-electron chi connectivity index (χ2n) is 3.81. The Bertz CT molecular complexity index is 293. The van der Waals surface area contributed by atoms with Crippen LogP contribution >= 0.6 is 0 Å². The third-order valence-electron chi connectivity index (χ3n) is 2.36. The number of benzene rings is 1. The van der Waals surface area contributed by atoms with Gasteiger partial charge in [0, 0.05) is 6.61 Å². The van der Waals surface area contributed by atoms with E-state index in [0.29, 0.717) is 18.9 Å². The summed E-state index contributed by atoms with van der Waals surface area (Å²) in [6, 6.07) is 5.76. The van der Waals surface area contributed by atoms with Crippen LogP contribution in [0.1, 0.15) is 25.3 Å². The van der Waals surface area contributed by atoms with Gasteiger partial charge in [0.1, 0.15) is 12.4 Å². The Labute approximate surface area is 97.6 Å². The molecule has 0 radical (unpaired) electrons. The number of para-hydroxylation sites is 1. The van der Waals surface area contributed by atoms with Crippen LogP contribution < -0.4 is 10.5 Å². The van der Waals surface area contributed by atoms with Crippen LogP contribution in [0.5, 0.6) is 5.75 Å². The van der Waals surface area contributed by atoms with E-state index in [-0.39, 0.29) is 0 Å². The first kappa shape index (κ1) is 12.8. The highest BCUT2D eigenvalue weighted by molar-refractivity contribution is 5.56. The Morgan fingerprint density at radius 2 is 2.00 bits per heavy atom. The molecule has 0 amide bonds. The van der Waals surface area contributed by atoms with Gasteiger partial charge in [-0.2, -0.15) is 0 Å². The largest absolute Gasteiger partial charge is 0.489 e. The van der Waals surface area contributed by atoms with Gasteiger partial charge in [0.15, 0.2) is 0 Å². The molecular weight excluding hydrogens is 202 g/mol. The van der Waals surface area contributed by atoms with E-state index < -0.39 is 0 Å². The Balaban J connectivity index is 2.26. The van der Waals surface area contributed by atoms with Gasteiger partial charge in [-0.15, -0.1) is 0 Å². The van der Waals surface area contributed by atoms with Gasteiger partial charge in [-0.25, -0.2) is 0 Å². The lowest BCUT2D eigenvalue weighted by atomic mass is 10.2. The minimum absolute atomic E-state index is 0.554. The predicted molar refractivity (Wildman–Crippen MR) is 66.8 cm³/mol. The molecule has 0 saturated carbocycles. The fraction of sp³-hybridized carbons (Fsp3) is 0.538. The second kappa shape index (κ2) is 7.12. The SMILES string of the molecule is CCCCOCCOc1c(C)cccc1N. The van der Waals surface area contributed by atoms with Gasteiger partial charge in [0.05, 0.1) is 12.3 Å². The molecule has 3 nitrogen and oxygen atoms in total. The molecule has 0 spiro atoms. The zero-order chi connectivity index (χ0) is 11.8. The number of nitrogen functional groups attached to an aromatic ring is 1. The van der Waals surface area contributed by atoms with Crippen LogP contribution in [-0.4, -0.2) is 19.8 Å². The number of aryl methyl sites for hydroxylation is 1. The summed E-state index contributed by atoms with van der Waals surface area (Å²) in [6.07, 6.45) is 2.26. The fourth-order valence-corrected chi connectivity index (χ4v) is 1.42. The van der Waals surface area contributed by atoms with E-state index in [0.717, 1.165) is 30.8 Å². The topological polar surface area (TPSA) is 44.5 Å². The summed E-state index contributed by atoms with van der Waals surface area (Å²) in [4.78, 5) is 0. The molecule has 0 saturated heterocycles. The first-order chi connectivity index (χ1) is 7.75. The van der Waals surface area contributed by atoms with Crippen molar-refractivity contribution in [1.82, 2.24) is 0 Å². The average Bonchev–Trinajstić information content (AvgIpc) is 2.26. The van der Waals surface area contributed by atoms with Gasteiger partial charge in [-0.05, 0) is 25.0 Å². The maximum atomic E-state index is 5.82. The minimum atomic E-state index is 0.554. The predicted octanol–water partition coefficient (Wildman–Crippen LogP) is 2.77. The molecule has 0 aliphatic rings. The van der Waals surface area contributed by atoms with Crippen LogP contribution in [0, 0.1) is 6.92 Å². The number of ether oxygens (including phenoxy) is 2. The van der Waals surface area contributed by atoms with E-state index in [2.05, 4.69) is 6.92 Å². The maximum absolute atomic E-state index is 5.82. The van der Waals surface area contributed by atoms with Crippen LogP contribution in [0.4, 0.5) is 5.69 Å². The van der Waals surface area contributed by atoms with Crippen molar-refractivity contribution in [3.05, 3.63) is 23.8 Å². The molecule has 0 atom stereocenters. The van der Waals surface area contributed by atoms with Crippen molar-refractivity contribution in [1.29, 1.82) is 0 Å². The number of nitrogens with two attached hydrogens (primary N) is 1. The van der Waals surface area contributed by atoms with Crippen LogP contribution in [-0.2, 0) is 4.74 Å². The highest BCUT2D eigenvalue weighted by Crippen LogP contribution is 2.25. The summed E-state index contributed by atoms with van der Waals surface area (Å²) in [6.45, 7) is 6.12. The van der Waals surface area contributed by atoms with E-state index in [1.165, 1.54) is 0 Å². The van der Waals surface area contributed by atoms with Gasteiger partial charge in [-0.1, -0.05) is 25.5 Å². The molecule has 0 aromatic heterocycles. The van der Waals surface area contributed by atoms with E-state index in [4.69, 9.17) is 15.2 Å². The van der Waals surface area contributed by atoms with Gasteiger partial charge >= 0.3 is 0 Å². The lowest BCUT2D eigenvalue weighted by Gasteiger charge is -2.11. The van der Waals surface area contributed by atoms with Crippen LogP contribution in [0.15, 0.2) is 18.2 Å². The molecule has 90 valence electrons. The quantitative estimate of drug-likeness (QED) is 0.571. The number of rotatable bonds is 7. The van der Waals surface area contributed by atoms with Crippen LogP contribution in [0.3, 0.4) is 0 Å². The van der Waals surface area contributed by atoms with Crippen molar-refractivity contribution >= 4 is 5.69 Å². The van der Waals surface area contributed by atoms with Gasteiger partial charge in [-0.3, -0.25) is 0 Å². The van der Waals surface area contributed by atoms with Crippen LogP contribution in [0.25, 0.3) is 0 Å². The number of anilines is 1. The number of unbranched alkanes of at least 4 members (excludes halogenated alkanes) is 1. The third-order valence-corrected chi connectivity index (χ3v) is 2.36. The van der Waals surface area contributed by atoms with Crippen molar-refractivity contribution in [3.63, 3.8) is 0 Å². The smallest absolute Gasteiger partial charge is 0.145 e. The van der Waals surface area contributed by atoms with E-state index in [9.17, 15) is 0 Å². The van der Waals surface area contributed by atoms with E-state index in [1.54, 1.807) is 0 Å². The van der Waals surface area contributed by atoms with Gasteiger partial charge < -0.3 is 15.2 Å². The van der Waals surface area contributed by atoms with Gasteiger partial charge in [0.2, 0.25) is 0 Å². The van der Waals surface area contributed by atoms with Crippen LogP contribution in [0.2, 0.25) is 0 Å². The Morgan fingerprint density at radius 3 is 2.69 bits per heavy atom. The molecule has 0 bridgehead atoms. The van der Waals surface area contributed by atoms with Crippen molar-refractivity contribution in [2.75, 3.05) is 25.6 Å². The Morgan fingerprint density at radius 1 is 1.19 bits per heavy atom. The Kier molecular flexibility index (Phi) is 5.72. The molecule has 0 heterocycles. The first-order valence-corrected chi connectivity index (χ1v) is 5.81. The van der Waals surface area contributed by atoms with Crippen molar-refractivity contribution in [3.8, 4) is 5.75 Å². The lowest BCUT2D eigenvalue weighted by Crippen LogP contribution is -2.09. The molecule has 1 rings (SSSR count). The highest BCUT2D eigenvalue weighted by Gasteiger charge is 2.02. The van der Waals surface area contributed by atoms with Crippen molar-refractivity contribution < 1.29 is 9.47 Å². The minimum Gasteiger partial charge on any atom is -0.489 e. The average molecular weight is 223 g/mol. The molecule has 0 unspecified atom stereocenters. The highest BCUT2D eigenvalue weighted by atomic mass is 16.5. The maximum Gasteiger partial charge on any atom is 0.145 e. The van der Waals surface area contributed by atoms with Crippen molar-refractivity contribution in [2.45, 2.75) is 26.7 Å². The standard InChI is InChI=1S/C13H21NO2/c1-3-4-8-15-9-10-16-13-11(2)6-5-7-12(13)14/h5-7H,3-4,8-10,14H2,1-2H3. The summed E-state index contributed by atoms with van der Waals surface area (Å²) in [5, 5.41) is 0. The zero-order valence-corrected chi connectivity index (χ0v) is 10.2. The van der Waals surface area contributed by atoms with Crippen molar-refractivity contribution in [2.24, 2.45) is 0 Å². The Hall–Kier alpha value is -1.22. The molecule has 16 heavy (non-hydrogen) atoms. The molecule has 3 heteroatoms. The monoisotopic (exact) mass is 223 g/mol. The second-order valence-corrected chi connectivity index (χ2v) is 3.81. The number of hydrogen-bond acceptors (Lipinski definition) is 3. The zero-order valence-electron chi connectivity index (χ0n) is 10.2. The third kappa shape index (κ3) is 4.11. The summed E-state index contributed by atoms with van der Waals surface area (Å²) in [7, 11) is 0. The molecule has 0 aliphatic carbocycles. The molecule has 1 aromatic carbocycles. The molecule has 2 N–H and O–H groups in total. The first-order valence-electron chi connectivity index (χ1n) is 5.81. The summed E-state index contributed by atoms with van der Waals surface area (Å²) in [5.74, 6) is 0.779. The van der Waals surface area contributed by atoms with Gasteiger partial charge in [0.25, 0.3) is 0 Å². The molecule has 0 fully saturated rings. The lowest BCUT2D eigenvalue weighted by molar-refractivity contribution is 0.0981. The summed E-state index contributed by atoms with van der Waals surface area (Å²) < 4.78 is 11.0. The molecular formula is C13H21NO2. The van der Waals surface area contributed by atoms with E-state index in [1.807, 2.05) is 25.1 Å².